The van der Waals surface area contributed by atoms with E-state index in [1.54, 1.807) is 4.90 Å². The fraction of sp³-hybridized carbons (Fsp3) is 0.571. The van der Waals surface area contributed by atoms with Gasteiger partial charge in [-0.3, -0.25) is 4.90 Å². The minimum absolute atomic E-state index is 0.143. The third-order valence-electron chi connectivity index (χ3n) is 3.14. The lowest BCUT2D eigenvalue weighted by Gasteiger charge is -2.38. The predicted molar refractivity (Wildman–Crippen MR) is 65.3 cm³/mol. The second kappa shape index (κ2) is 4.26. The number of nitrogens with zero attached hydrogens (tertiary/aromatic N) is 1. The van der Waals surface area contributed by atoms with E-state index in [4.69, 9.17) is 0 Å². The molecule has 1 heterocycles. The molecular weight excluding hydrogens is 239 g/mol. The zero-order valence-corrected chi connectivity index (χ0v) is 10.9. The highest BCUT2D eigenvalue weighted by Crippen LogP contribution is 2.29. The van der Waals surface area contributed by atoms with Crippen molar-refractivity contribution >= 4 is 0 Å². The minimum Gasteiger partial charge on any atom is -0.287 e. The molecule has 100 valence electrons. The Morgan fingerprint density at radius 3 is 2.28 bits per heavy atom. The maximum atomic E-state index is 13.5. The molecular formula is C14H18F3N. The Balaban J connectivity index is 2.12. The smallest absolute Gasteiger partial charge is 0.272 e. The molecule has 0 aliphatic carbocycles. The zero-order chi connectivity index (χ0) is 13.6. The van der Waals surface area contributed by atoms with Gasteiger partial charge in [-0.15, -0.1) is 0 Å². The molecule has 0 unspecified atom stereocenters. The molecule has 2 rings (SSSR count). The monoisotopic (exact) mass is 257 g/mol. The van der Waals surface area contributed by atoms with Crippen LogP contribution in [0.3, 0.4) is 0 Å². The molecule has 4 heteroatoms. The fourth-order valence-electron chi connectivity index (χ4n) is 2.15. The summed E-state index contributed by atoms with van der Waals surface area (Å²) in [5, 5.41) is 0. The first-order chi connectivity index (χ1) is 8.16. The van der Waals surface area contributed by atoms with E-state index in [1.807, 2.05) is 26.8 Å². The van der Waals surface area contributed by atoms with Gasteiger partial charge in [-0.1, -0.05) is 26.8 Å². The molecule has 0 spiro atoms. The van der Waals surface area contributed by atoms with E-state index in [1.165, 1.54) is 12.1 Å². The maximum absolute atomic E-state index is 13.5. The number of benzene rings is 1. The van der Waals surface area contributed by atoms with Crippen LogP contribution in [0.2, 0.25) is 0 Å². The van der Waals surface area contributed by atoms with Gasteiger partial charge in [0.05, 0.1) is 13.1 Å². The van der Waals surface area contributed by atoms with Gasteiger partial charge in [0.2, 0.25) is 0 Å². The van der Waals surface area contributed by atoms with Gasteiger partial charge in [0.1, 0.15) is 5.82 Å². The molecule has 1 saturated heterocycles. The Hall–Kier alpha value is -1.03. The molecule has 0 N–H and O–H groups in total. The number of likely N-dealkylation sites (tertiary alicyclic amines) is 1. The Kier molecular flexibility index (Phi) is 3.18. The lowest BCUT2D eigenvalue weighted by molar-refractivity contribution is -0.133. The van der Waals surface area contributed by atoms with Gasteiger partial charge >= 0.3 is 0 Å². The van der Waals surface area contributed by atoms with Gasteiger partial charge in [0, 0.05) is 6.54 Å². The van der Waals surface area contributed by atoms with Crippen LogP contribution in [-0.4, -0.2) is 23.9 Å². The van der Waals surface area contributed by atoms with Gasteiger partial charge in [0.15, 0.2) is 0 Å². The van der Waals surface area contributed by atoms with Crippen molar-refractivity contribution in [2.45, 2.75) is 38.7 Å². The van der Waals surface area contributed by atoms with Crippen molar-refractivity contribution in [3.8, 4) is 0 Å². The molecule has 0 bridgehead atoms. The van der Waals surface area contributed by atoms with Gasteiger partial charge in [-0.05, 0) is 28.7 Å². The summed E-state index contributed by atoms with van der Waals surface area (Å²) >= 11 is 0. The van der Waals surface area contributed by atoms with Crippen LogP contribution >= 0.6 is 0 Å². The maximum Gasteiger partial charge on any atom is 0.272 e. The molecule has 1 nitrogen and oxygen atoms in total. The van der Waals surface area contributed by atoms with E-state index in [9.17, 15) is 13.2 Å². The second-order valence-electron chi connectivity index (χ2n) is 6.10. The normalized spacial score (nSPS) is 19.7. The number of hydrogen-bond donors (Lipinski definition) is 0. The van der Waals surface area contributed by atoms with E-state index in [-0.39, 0.29) is 24.3 Å². The standard InChI is InChI=1S/C14H18F3N/c1-13(2,3)11-4-10(5-12(15)6-11)7-18-8-14(16,17)9-18/h4-6H,7-9H2,1-3H3. The van der Waals surface area contributed by atoms with Crippen LogP contribution < -0.4 is 0 Å². The molecule has 0 aromatic heterocycles. The average molecular weight is 257 g/mol. The highest BCUT2D eigenvalue weighted by molar-refractivity contribution is 5.29. The van der Waals surface area contributed by atoms with Crippen molar-refractivity contribution < 1.29 is 13.2 Å². The van der Waals surface area contributed by atoms with Crippen molar-refractivity contribution in [2.75, 3.05) is 13.1 Å². The van der Waals surface area contributed by atoms with E-state index < -0.39 is 5.92 Å². The summed E-state index contributed by atoms with van der Waals surface area (Å²) in [5.41, 5.74) is 1.51. The summed E-state index contributed by atoms with van der Waals surface area (Å²) in [6.07, 6.45) is 0. The lowest BCUT2D eigenvalue weighted by atomic mass is 9.86. The van der Waals surface area contributed by atoms with Crippen LogP contribution in [0.15, 0.2) is 18.2 Å². The topological polar surface area (TPSA) is 3.24 Å². The molecule has 0 saturated carbocycles. The molecule has 1 aliphatic rings. The van der Waals surface area contributed by atoms with Gasteiger partial charge in [-0.2, -0.15) is 0 Å². The number of halogens is 3. The second-order valence-corrected chi connectivity index (χ2v) is 6.10. The Bertz CT molecular complexity index is 441. The molecule has 0 radical (unpaired) electrons. The van der Waals surface area contributed by atoms with E-state index in [0.717, 1.165) is 11.1 Å². The summed E-state index contributed by atoms with van der Waals surface area (Å²) in [4.78, 5) is 1.63. The summed E-state index contributed by atoms with van der Waals surface area (Å²) in [7, 11) is 0. The highest BCUT2D eigenvalue weighted by Gasteiger charge is 2.43. The fourth-order valence-corrected chi connectivity index (χ4v) is 2.15. The first-order valence-electron chi connectivity index (χ1n) is 6.06. The van der Waals surface area contributed by atoms with Gasteiger partial charge in [0.25, 0.3) is 5.92 Å². The van der Waals surface area contributed by atoms with Crippen LogP contribution in [0.25, 0.3) is 0 Å². The van der Waals surface area contributed by atoms with Gasteiger partial charge in [-0.25, -0.2) is 13.2 Å². The van der Waals surface area contributed by atoms with Crippen LogP contribution in [-0.2, 0) is 12.0 Å². The highest BCUT2D eigenvalue weighted by atomic mass is 19.3. The minimum atomic E-state index is -2.57. The zero-order valence-electron chi connectivity index (χ0n) is 10.9. The van der Waals surface area contributed by atoms with Crippen LogP contribution in [0.4, 0.5) is 13.2 Å². The van der Waals surface area contributed by atoms with Crippen LogP contribution in [0.5, 0.6) is 0 Å². The number of rotatable bonds is 2. The van der Waals surface area contributed by atoms with Gasteiger partial charge < -0.3 is 0 Å². The van der Waals surface area contributed by atoms with Crippen molar-refractivity contribution in [1.82, 2.24) is 4.90 Å². The quantitative estimate of drug-likeness (QED) is 0.782. The third kappa shape index (κ3) is 3.05. The van der Waals surface area contributed by atoms with Crippen molar-refractivity contribution in [3.05, 3.63) is 35.1 Å². The van der Waals surface area contributed by atoms with Crippen molar-refractivity contribution in [2.24, 2.45) is 0 Å². The summed E-state index contributed by atoms with van der Waals surface area (Å²) in [6.45, 7) is 5.94. The summed E-state index contributed by atoms with van der Waals surface area (Å²) < 4.78 is 39.0. The molecule has 18 heavy (non-hydrogen) atoms. The van der Waals surface area contributed by atoms with Crippen molar-refractivity contribution in [3.63, 3.8) is 0 Å². The average Bonchev–Trinajstić information content (AvgIpc) is 2.12. The SMILES string of the molecule is CC(C)(C)c1cc(F)cc(CN2CC(F)(F)C2)c1. The molecule has 1 aromatic rings. The van der Waals surface area contributed by atoms with Crippen LogP contribution in [0.1, 0.15) is 31.9 Å². The predicted octanol–water partition coefficient (Wildman–Crippen LogP) is 3.57. The first kappa shape index (κ1) is 13.4. The Morgan fingerprint density at radius 1 is 1.17 bits per heavy atom. The Labute approximate surface area is 106 Å². The summed E-state index contributed by atoms with van der Waals surface area (Å²) in [5.74, 6) is -2.87. The van der Waals surface area contributed by atoms with E-state index in [0.29, 0.717) is 6.54 Å². The van der Waals surface area contributed by atoms with Crippen LogP contribution in [0, 0.1) is 5.82 Å². The largest absolute Gasteiger partial charge is 0.287 e. The first-order valence-corrected chi connectivity index (χ1v) is 6.06. The molecule has 0 amide bonds. The molecule has 0 atom stereocenters. The lowest BCUT2D eigenvalue weighted by Crippen LogP contribution is -2.55. The third-order valence-corrected chi connectivity index (χ3v) is 3.14. The van der Waals surface area contributed by atoms with E-state index in [2.05, 4.69) is 0 Å². The van der Waals surface area contributed by atoms with E-state index >= 15 is 0 Å². The molecule has 1 aromatic carbocycles. The number of hydrogen-bond acceptors (Lipinski definition) is 1. The number of alkyl halides is 2. The van der Waals surface area contributed by atoms with Crippen molar-refractivity contribution in [1.29, 1.82) is 0 Å². The Morgan fingerprint density at radius 2 is 1.78 bits per heavy atom. The molecule has 1 aliphatic heterocycles. The molecule has 1 fully saturated rings. The summed E-state index contributed by atoms with van der Waals surface area (Å²) in [6, 6.07) is 4.83.